The molecular weight excluding hydrogens is 290 g/mol. The Balaban J connectivity index is 2.12. The van der Waals surface area contributed by atoms with E-state index in [2.05, 4.69) is 4.72 Å². The summed E-state index contributed by atoms with van der Waals surface area (Å²) in [6.07, 6.45) is 1.06. The summed E-state index contributed by atoms with van der Waals surface area (Å²) in [5, 5.41) is 9.57. The first-order valence-corrected chi connectivity index (χ1v) is 8.76. The third kappa shape index (κ3) is 4.26. The van der Waals surface area contributed by atoms with Crippen LogP contribution in [0.3, 0.4) is 0 Å². The van der Waals surface area contributed by atoms with Gasteiger partial charge in [0, 0.05) is 19.3 Å². The van der Waals surface area contributed by atoms with Crippen LogP contribution < -0.4 is 4.72 Å². The number of nitrogens with one attached hydrogen (secondary N) is 1. The van der Waals surface area contributed by atoms with Gasteiger partial charge in [0.1, 0.15) is 0 Å². The maximum atomic E-state index is 12.4. The Hall–Kier alpha value is -0.950. The number of aliphatic hydroxyl groups excluding tert-OH is 1. The summed E-state index contributed by atoms with van der Waals surface area (Å²) in [4.78, 5) is 0.194. The van der Waals surface area contributed by atoms with Crippen molar-refractivity contribution < 1.29 is 18.3 Å². The fourth-order valence-corrected chi connectivity index (χ4v) is 3.93. The van der Waals surface area contributed by atoms with Gasteiger partial charge in [0.15, 0.2) is 0 Å². The fourth-order valence-electron chi connectivity index (χ4n) is 2.57. The number of aliphatic hydroxyl groups is 1. The predicted octanol–water partition coefficient (Wildman–Crippen LogP) is 1.83. The lowest BCUT2D eigenvalue weighted by atomic mass is 9.94. The molecule has 6 heteroatoms. The van der Waals surface area contributed by atoms with Gasteiger partial charge in [0.25, 0.3) is 0 Å². The van der Waals surface area contributed by atoms with Crippen LogP contribution in [-0.4, -0.2) is 32.8 Å². The summed E-state index contributed by atoms with van der Waals surface area (Å²) < 4.78 is 32.9. The van der Waals surface area contributed by atoms with Crippen molar-refractivity contribution in [3.05, 3.63) is 29.8 Å². The molecule has 0 spiro atoms. The molecule has 2 unspecified atom stereocenters. The highest BCUT2D eigenvalue weighted by atomic mass is 32.2. The van der Waals surface area contributed by atoms with Crippen molar-refractivity contribution >= 4 is 10.0 Å². The first kappa shape index (κ1) is 16.4. The van der Waals surface area contributed by atoms with Crippen LogP contribution in [-0.2, 0) is 14.8 Å². The Kier molecular flexibility index (Phi) is 5.37. The van der Waals surface area contributed by atoms with E-state index in [1.54, 1.807) is 25.1 Å². The lowest BCUT2D eigenvalue weighted by Gasteiger charge is -2.28. The van der Waals surface area contributed by atoms with Gasteiger partial charge >= 0.3 is 0 Å². The minimum Gasteiger partial charge on any atom is -0.389 e. The first-order valence-electron chi connectivity index (χ1n) is 7.28. The summed E-state index contributed by atoms with van der Waals surface area (Å²) in [5.41, 5.74) is 0.594. The Bertz CT molecular complexity index is 565. The molecule has 118 valence electrons. The molecule has 2 N–H and O–H groups in total. The van der Waals surface area contributed by atoms with Crippen LogP contribution in [0.25, 0.3) is 0 Å². The zero-order chi connectivity index (χ0) is 15.5. The Morgan fingerprint density at radius 1 is 1.29 bits per heavy atom. The minimum atomic E-state index is -3.57. The highest BCUT2D eigenvalue weighted by Gasteiger charge is 2.25. The normalized spacial score (nSPS) is 20.1. The van der Waals surface area contributed by atoms with Crippen molar-refractivity contribution in [2.75, 3.05) is 13.2 Å². The largest absolute Gasteiger partial charge is 0.389 e. The summed E-state index contributed by atoms with van der Waals surface area (Å²) in [7, 11) is -3.57. The zero-order valence-corrected chi connectivity index (χ0v) is 13.3. The van der Waals surface area contributed by atoms with Gasteiger partial charge in [0.2, 0.25) is 10.0 Å². The molecule has 0 amide bonds. The van der Waals surface area contributed by atoms with Gasteiger partial charge in [-0.2, -0.15) is 0 Å². The van der Waals surface area contributed by atoms with Gasteiger partial charge in [-0.15, -0.1) is 0 Å². The molecule has 5 nitrogen and oxygen atoms in total. The third-order valence-corrected chi connectivity index (χ3v) is 5.52. The second-order valence-corrected chi connectivity index (χ2v) is 7.32. The molecule has 1 aliphatic rings. The van der Waals surface area contributed by atoms with E-state index >= 15 is 0 Å². The van der Waals surface area contributed by atoms with Crippen molar-refractivity contribution in [3.63, 3.8) is 0 Å². The second kappa shape index (κ2) is 6.87. The molecule has 1 aromatic rings. The van der Waals surface area contributed by atoms with E-state index in [1.165, 1.54) is 6.07 Å². The van der Waals surface area contributed by atoms with Crippen LogP contribution in [0.2, 0.25) is 0 Å². The van der Waals surface area contributed by atoms with Crippen molar-refractivity contribution in [2.24, 2.45) is 5.92 Å². The number of benzene rings is 1. The summed E-state index contributed by atoms with van der Waals surface area (Å²) in [5.74, 6) is 0.300. The molecule has 1 fully saturated rings. The molecule has 1 saturated heterocycles. The van der Waals surface area contributed by atoms with E-state index in [0.29, 0.717) is 24.7 Å². The average molecular weight is 313 g/mol. The van der Waals surface area contributed by atoms with Crippen LogP contribution in [0.1, 0.15) is 38.4 Å². The maximum Gasteiger partial charge on any atom is 0.240 e. The van der Waals surface area contributed by atoms with Crippen LogP contribution in [0.5, 0.6) is 0 Å². The second-order valence-electron chi connectivity index (χ2n) is 5.61. The van der Waals surface area contributed by atoms with Crippen LogP contribution in [0, 0.1) is 5.92 Å². The Morgan fingerprint density at radius 3 is 2.57 bits per heavy atom. The molecular formula is C15H23NO4S. The lowest BCUT2D eigenvalue weighted by molar-refractivity contribution is 0.0585. The smallest absolute Gasteiger partial charge is 0.240 e. The maximum absolute atomic E-state index is 12.4. The van der Waals surface area contributed by atoms with Gasteiger partial charge in [0.05, 0.1) is 11.0 Å². The topological polar surface area (TPSA) is 75.6 Å². The molecule has 21 heavy (non-hydrogen) atoms. The summed E-state index contributed by atoms with van der Waals surface area (Å²) in [6, 6.07) is 6.30. The van der Waals surface area contributed by atoms with E-state index in [1.807, 2.05) is 6.92 Å². The van der Waals surface area contributed by atoms with Gasteiger partial charge < -0.3 is 9.84 Å². The fraction of sp³-hybridized carbons (Fsp3) is 0.600. The molecule has 0 radical (unpaired) electrons. The molecule has 1 aliphatic heterocycles. The molecule has 0 aromatic heterocycles. The van der Waals surface area contributed by atoms with Crippen LogP contribution >= 0.6 is 0 Å². The molecule has 0 aliphatic carbocycles. The highest BCUT2D eigenvalue weighted by Crippen LogP contribution is 2.22. The number of rotatable bonds is 5. The molecule has 2 rings (SSSR count). The van der Waals surface area contributed by atoms with E-state index in [4.69, 9.17) is 4.74 Å². The molecule has 0 bridgehead atoms. The standard InChI is InChI=1S/C15H23NO4S/c1-11(13-6-8-20-9-7-13)16-21(18,19)15-5-3-4-14(10-15)12(2)17/h3-5,10-13,16-17H,6-9H2,1-2H3. The van der Waals surface area contributed by atoms with Crippen LogP contribution in [0.15, 0.2) is 29.2 Å². The van der Waals surface area contributed by atoms with Gasteiger partial charge in [-0.3, -0.25) is 0 Å². The quantitative estimate of drug-likeness (QED) is 0.869. The lowest BCUT2D eigenvalue weighted by Crippen LogP contribution is -2.40. The highest BCUT2D eigenvalue weighted by molar-refractivity contribution is 7.89. The predicted molar refractivity (Wildman–Crippen MR) is 80.4 cm³/mol. The first-order chi connectivity index (χ1) is 9.90. The van der Waals surface area contributed by atoms with E-state index in [0.717, 1.165) is 12.8 Å². The number of sulfonamides is 1. The van der Waals surface area contributed by atoms with Crippen molar-refractivity contribution in [1.82, 2.24) is 4.72 Å². The molecule has 1 aromatic carbocycles. The molecule has 1 heterocycles. The monoisotopic (exact) mass is 313 g/mol. The van der Waals surface area contributed by atoms with Crippen molar-refractivity contribution in [1.29, 1.82) is 0 Å². The van der Waals surface area contributed by atoms with Crippen molar-refractivity contribution in [3.8, 4) is 0 Å². The third-order valence-electron chi connectivity index (χ3n) is 3.96. The number of ether oxygens (including phenoxy) is 1. The van der Waals surface area contributed by atoms with Gasteiger partial charge in [-0.25, -0.2) is 13.1 Å². The Labute approximate surface area is 126 Å². The number of hydrogen-bond acceptors (Lipinski definition) is 4. The zero-order valence-electron chi connectivity index (χ0n) is 12.5. The van der Waals surface area contributed by atoms with Gasteiger partial charge in [-0.05, 0) is 50.3 Å². The van der Waals surface area contributed by atoms with E-state index < -0.39 is 16.1 Å². The molecule has 2 atom stereocenters. The molecule has 0 saturated carbocycles. The summed E-state index contributed by atoms with van der Waals surface area (Å²) in [6.45, 7) is 4.89. The van der Waals surface area contributed by atoms with E-state index in [9.17, 15) is 13.5 Å². The van der Waals surface area contributed by atoms with Gasteiger partial charge in [-0.1, -0.05) is 12.1 Å². The minimum absolute atomic E-state index is 0.130. The van der Waals surface area contributed by atoms with E-state index in [-0.39, 0.29) is 10.9 Å². The summed E-state index contributed by atoms with van der Waals surface area (Å²) >= 11 is 0. The average Bonchev–Trinajstić information content (AvgIpc) is 2.48. The van der Waals surface area contributed by atoms with Crippen molar-refractivity contribution in [2.45, 2.75) is 43.7 Å². The SMILES string of the molecule is CC(O)c1cccc(S(=O)(=O)NC(C)C2CCOCC2)c1. The Morgan fingerprint density at radius 2 is 1.95 bits per heavy atom. The number of hydrogen-bond donors (Lipinski definition) is 2. The van der Waals surface area contributed by atoms with Crippen LogP contribution in [0.4, 0.5) is 0 Å².